The molecule has 0 saturated heterocycles. The van der Waals surface area contributed by atoms with Gasteiger partial charge in [0.25, 0.3) is 0 Å². The van der Waals surface area contributed by atoms with Crippen LogP contribution in [0.15, 0.2) is 126 Å². The molecule has 188 valence electrons. The van der Waals surface area contributed by atoms with Gasteiger partial charge in [-0.15, -0.1) is 6.92 Å². The molecule has 1 aliphatic carbocycles. The van der Waals surface area contributed by atoms with Crippen LogP contribution in [0.5, 0.6) is 11.5 Å². The van der Waals surface area contributed by atoms with E-state index in [1.54, 1.807) is 12.1 Å². The fourth-order valence-electron chi connectivity index (χ4n) is 4.08. The van der Waals surface area contributed by atoms with Crippen molar-refractivity contribution in [3.63, 3.8) is 0 Å². The average Bonchev–Trinajstić information content (AvgIpc) is 3.07. The number of allylic oxidation sites excluding steroid dienone is 4. The summed E-state index contributed by atoms with van der Waals surface area (Å²) in [5, 5.41) is 19.1. The third kappa shape index (κ3) is 8.08. The Morgan fingerprint density at radius 1 is 0.541 bits per heavy atom. The first-order chi connectivity index (χ1) is 17.2. The van der Waals surface area contributed by atoms with Crippen LogP contribution in [0.25, 0.3) is 22.3 Å². The molecule has 2 nitrogen and oxygen atoms in total. The van der Waals surface area contributed by atoms with E-state index in [1.807, 2.05) is 97.1 Å². The van der Waals surface area contributed by atoms with Crippen LogP contribution in [-0.4, -0.2) is 10.2 Å². The van der Waals surface area contributed by atoms with E-state index in [0.717, 1.165) is 22.3 Å². The van der Waals surface area contributed by atoms with Crippen LogP contribution in [0.4, 0.5) is 0 Å². The van der Waals surface area contributed by atoms with Crippen molar-refractivity contribution in [1.29, 1.82) is 0 Å². The van der Waals surface area contributed by atoms with Crippen LogP contribution in [0.1, 0.15) is 34.6 Å². The van der Waals surface area contributed by atoms with Gasteiger partial charge in [0.05, 0.1) is 0 Å². The van der Waals surface area contributed by atoms with E-state index in [4.69, 9.17) is 0 Å². The predicted octanol–water partition coefficient (Wildman–Crippen LogP) is 9.23. The first kappa shape index (κ1) is 29.9. The summed E-state index contributed by atoms with van der Waals surface area (Å²) >= 11 is 0. The SMILES string of the molecule is CC1=[C-]C(C)(C)C(C)=C1C.Oc1ccccc1-c1ccccc1.Oc1ccccc1-c1ccccc1.[Ti]. The van der Waals surface area contributed by atoms with Crippen LogP contribution in [0.3, 0.4) is 0 Å². The fraction of sp³-hybridized carbons (Fsp3) is 0.176. The zero-order valence-electron chi connectivity index (χ0n) is 22.3. The number of hydrogen-bond acceptors (Lipinski definition) is 2. The molecule has 0 aliphatic heterocycles. The zero-order chi connectivity index (χ0) is 26.1. The quantitative estimate of drug-likeness (QED) is 0.203. The molecule has 37 heavy (non-hydrogen) atoms. The standard InChI is InChI=1S/2C12H10O.C10H15.Ti/c2*13-12-9-5-4-8-11(12)10-6-2-1-3-7-10;1-7-6-10(4,5)9(3)8(7)2;/h2*1-9,13H;1-5H3;/q;;-1;. The largest absolute Gasteiger partial charge is 0.507 e. The van der Waals surface area contributed by atoms with Gasteiger partial charge in [-0.25, -0.2) is 5.57 Å². The van der Waals surface area contributed by atoms with E-state index < -0.39 is 0 Å². The molecule has 0 unspecified atom stereocenters. The van der Waals surface area contributed by atoms with E-state index in [0.29, 0.717) is 11.5 Å². The van der Waals surface area contributed by atoms with Gasteiger partial charge < -0.3 is 10.2 Å². The van der Waals surface area contributed by atoms with Crippen molar-refractivity contribution in [2.75, 3.05) is 0 Å². The maximum Gasteiger partial charge on any atom is 0.123 e. The Hall–Kier alpha value is -3.33. The molecule has 0 atom stereocenters. The van der Waals surface area contributed by atoms with Gasteiger partial charge in [-0.3, -0.25) is 6.08 Å². The van der Waals surface area contributed by atoms with Crippen molar-refractivity contribution in [2.24, 2.45) is 5.41 Å². The van der Waals surface area contributed by atoms with Gasteiger partial charge in [0, 0.05) is 32.8 Å². The molecule has 0 radical (unpaired) electrons. The van der Waals surface area contributed by atoms with Crippen LogP contribution < -0.4 is 0 Å². The van der Waals surface area contributed by atoms with Gasteiger partial charge >= 0.3 is 0 Å². The Morgan fingerprint density at radius 2 is 0.892 bits per heavy atom. The van der Waals surface area contributed by atoms with Gasteiger partial charge in [-0.1, -0.05) is 130 Å². The van der Waals surface area contributed by atoms with Gasteiger partial charge in [0.15, 0.2) is 0 Å². The van der Waals surface area contributed by atoms with Crippen LogP contribution in [0, 0.1) is 11.5 Å². The first-order valence-electron chi connectivity index (χ1n) is 12.2. The maximum atomic E-state index is 9.56. The molecule has 0 spiro atoms. The van der Waals surface area contributed by atoms with E-state index in [9.17, 15) is 10.2 Å². The number of aromatic hydroxyl groups is 2. The summed E-state index contributed by atoms with van der Waals surface area (Å²) in [5.41, 5.74) is 8.23. The topological polar surface area (TPSA) is 40.5 Å². The second kappa shape index (κ2) is 13.8. The third-order valence-corrected chi connectivity index (χ3v) is 6.54. The minimum atomic E-state index is 0. The fourth-order valence-corrected chi connectivity index (χ4v) is 4.08. The molecule has 3 heteroatoms. The van der Waals surface area contributed by atoms with Crippen LogP contribution in [-0.2, 0) is 21.7 Å². The summed E-state index contributed by atoms with van der Waals surface area (Å²) in [6.07, 6.45) is 3.44. The molecule has 5 rings (SSSR count). The zero-order valence-corrected chi connectivity index (χ0v) is 23.8. The van der Waals surface area contributed by atoms with E-state index in [1.165, 1.54) is 16.7 Å². The number of para-hydroxylation sites is 2. The molecular weight excluding hydrogens is 488 g/mol. The summed E-state index contributed by atoms with van der Waals surface area (Å²) in [4.78, 5) is 0. The van der Waals surface area contributed by atoms with Crippen LogP contribution in [0.2, 0.25) is 0 Å². The number of benzene rings is 4. The molecule has 4 aromatic carbocycles. The predicted molar refractivity (Wildman–Crippen MR) is 152 cm³/mol. The third-order valence-electron chi connectivity index (χ3n) is 6.54. The summed E-state index contributed by atoms with van der Waals surface area (Å²) < 4.78 is 0. The molecule has 1 aliphatic rings. The van der Waals surface area contributed by atoms with Crippen molar-refractivity contribution in [2.45, 2.75) is 34.6 Å². The summed E-state index contributed by atoms with van der Waals surface area (Å²) in [6, 6.07) is 34.4. The Kier molecular flexibility index (Phi) is 11.2. The van der Waals surface area contributed by atoms with Gasteiger partial charge in [0.2, 0.25) is 0 Å². The second-order valence-electron chi connectivity index (χ2n) is 9.39. The first-order valence-corrected chi connectivity index (χ1v) is 12.2. The minimum absolute atomic E-state index is 0. The average molecular weight is 524 g/mol. The molecule has 2 N–H and O–H groups in total. The monoisotopic (exact) mass is 523 g/mol. The number of phenolic OH excluding ortho intramolecular Hbond substituents is 2. The molecule has 0 fully saturated rings. The Labute approximate surface area is 236 Å². The molecule has 0 amide bonds. The molecule has 0 bridgehead atoms. The van der Waals surface area contributed by atoms with E-state index in [2.05, 4.69) is 40.7 Å². The summed E-state index contributed by atoms with van der Waals surface area (Å²) in [5.74, 6) is 0.655. The molecule has 4 aromatic rings. The smallest absolute Gasteiger partial charge is 0.123 e. The van der Waals surface area contributed by atoms with E-state index in [-0.39, 0.29) is 27.1 Å². The van der Waals surface area contributed by atoms with Gasteiger partial charge in [-0.2, -0.15) is 11.1 Å². The van der Waals surface area contributed by atoms with Gasteiger partial charge in [0.1, 0.15) is 11.5 Å². The van der Waals surface area contributed by atoms with E-state index >= 15 is 0 Å². The number of rotatable bonds is 2. The molecular formula is C34H35O2Ti-. The molecule has 0 aromatic heterocycles. The Bertz CT molecular complexity index is 1260. The van der Waals surface area contributed by atoms with Crippen LogP contribution >= 0.6 is 0 Å². The van der Waals surface area contributed by atoms with Crippen molar-refractivity contribution < 1.29 is 31.9 Å². The van der Waals surface area contributed by atoms with Gasteiger partial charge in [-0.05, 0) is 23.3 Å². The second-order valence-corrected chi connectivity index (χ2v) is 9.39. The van der Waals surface area contributed by atoms with Crippen molar-refractivity contribution in [3.8, 4) is 33.8 Å². The Balaban J connectivity index is 0.000000195. The normalized spacial score (nSPS) is 13.3. The maximum absolute atomic E-state index is 9.56. The van der Waals surface area contributed by atoms with Crippen molar-refractivity contribution in [1.82, 2.24) is 0 Å². The number of phenols is 2. The number of hydrogen-bond donors (Lipinski definition) is 2. The van der Waals surface area contributed by atoms with Crippen molar-refractivity contribution >= 4 is 0 Å². The minimum Gasteiger partial charge on any atom is -0.507 e. The summed E-state index contributed by atoms with van der Waals surface area (Å²) in [6.45, 7) is 10.9. The summed E-state index contributed by atoms with van der Waals surface area (Å²) in [7, 11) is 0. The Morgan fingerprint density at radius 3 is 1.16 bits per heavy atom. The molecule has 0 saturated carbocycles. The molecule has 0 heterocycles. The van der Waals surface area contributed by atoms with Crippen molar-refractivity contribution in [3.05, 3.63) is 132 Å².